The van der Waals surface area contributed by atoms with Crippen LogP contribution in [0.15, 0.2) is 78.4 Å². The number of nitrogens with zero attached hydrogens (tertiary/aromatic N) is 1. The van der Waals surface area contributed by atoms with E-state index in [9.17, 15) is 27.6 Å². The van der Waals surface area contributed by atoms with Crippen LogP contribution in [0.4, 0.5) is 23.7 Å². The first-order chi connectivity index (χ1) is 19.4. The lowest BCUT2D eigenvalue weighted by Gasteiger charge is -2.27. The van der Waals surface area contributed by atoms with Gasteiger partial charge in [-0.05, 0) is 71.7 Å². The number of carbonyl (C=O) groups excluding carboxylic acids is 3. The summed E-state index contributed by atoms with van der Waals surface area (Å²) in [6.45, 7) is 4.18. The molecule has 0 radical (unpaired) electrons. The van der Waals surface area contributed by atoms with Crippen LogP contribution in [0.5, 0.6) is 5.75 Å². The van der Waals surface area contributed by atoms with Crippen molar-refractivity contribution < 1.29 is 32.3 Å². The topological polar surface area (TPSA) is 75.7 Å². The number of anilines is 1. The number of urea groups is 1. The van der Waals surface area contributed by atoms with Gasteiger partial charge in [0.05, 0.1) is 16.3 Å². The molecule has 10 heteroatoms. The smallest absolute Gasteiger partial charge is 0.416 e. The Balaban J connectivity index is 1.59. The second-order valence-electron chi connectivity index (χ2n) is 9.53. The summed E-state index contributed by atoms with van der Waals surface area (Å²) in [7, 11) is 0. The number of aryl methyl sites for hydroxylation is 2. The van der Waals surface area contributed by atoms with E-state index in [1.54, 1.807) is 18.2 Å². The Kier molecular flexibility index (Phi) is 7.31. The van der Waals surface area contributed by atoms with E-state index in [0.29, 0.717) is 27.7 Å². The maximum Gasteiger partial charge on any atom is 0.416 e. The van der Waals surface area contributed by atoms with Crippen LogP contribution in [0.1, 0.15) is 27.8 Å². The molecule has 1 aliphatic rings. The highest BCUT2D eigenvalue weighted by Crippen LogP contribution is 2.37. The molecular weight excluding hydrogens is 557 g/mol. The zero-order chi connectivity index (χ0) is 29.5. The van der Waals surface area contributed by atoms with Crippen molar-refractivity contribution in [3.63, 3.8) is 0 Å². The molecule has 0 atom stereocenters. The van der Waals surface area contributed by atoms with Gasteiger partial charge in [0.25, 0.3) is 11.8 Å². The largest absolute Gasteiger partial charge is 0.488 e. The van der Waals surface area contributed by atoms with Gasteiger partial charge in [-0.3, -0.25) is 14.9 Å². The summed E-state index contributed by atoms with van der Waals surface area (Å²) in [5.74, 6) is -1.78. The molecule has 1 fully saturated rings. The zero-order valence-corrected chi connectivity index (χ0v) is 22.6. The fourth-order valence-electron chi connectivity index (χ4n) is 4.49. The Morgan fingerprint density at radius 2 is 1.68 bits per heavy atom. The third kappa shape index (κ3) is 5.53. The summed E-state index contributed by atoms with van der Waals surface area (Å²) >= 11 is 6.11. The highest BCUT2D eigenvalue weighted by Gasteiger charge is 2.39. The first-order valence-electron chi connectivity index (χ1n) is 12.4. The predicted octanol–water partition coefficient (Wildman–Crippen LogP) is 7.37. The second kappa shape index (κ2) is 10.7. The number of halogens is 4. The quantitative estimate of drug-likeness (QED) is 0.198. The maximum absolute atomic E-state index is 13.6. The Hall–Kier alpha value is -4.63. The van der Waals surface area contributed by atoms with Crippen molar-refractivity contribution in [2.75, 3.05) is 4.90 Å². The Bertz CT molecular complexity index is 1760. The van der Waals surface area contributed by atoms with E-state index < -0.39 is 40.8 Å². The van der Waals surface area contributed by atoms with Crippen molar-refractivity contribution in [1.82, 2.24) is 5.32 Å². The number of ether oxygens (including phenoxy) is 1. The van der Waals surface area contributed by atoms with Gasteiger partial charge < -0.3 is 4.74 Å². The number of hydrogen-bond donors (Lipinski definition) is 1. The zero-order valence-electron chi connectivity index (χ0n) is 21.8. The lowest BCUT2D eigenvalue weighted by molar-refractivity contribution is -0.137. The molecule has 41 heavy (non-hydrogen) atoms. The molecule has 1 N–H and O–H groups in total. The molecule has 5 rings (SSSR count). The number of benzene rings is 4. The van der Waals surface area contributed by atoms with Crippen molar-refractivity contribution in [2.24, 2.45) is 0 Å². The van der Waals surface area contributed by atoms with Crippen LogP contribution in [-0.2, 0) is 22.4 Å². The van der Waals surface area contributed by atoms with E-state index in [4.69, 9.17) is 16.3 Å². The van der Waals surface area contributed by atoms with E-state index in [2.05, 4.69) is 0 Å². The summed E-state index contributed by atoms with van der Waals surface area (Å²) in [5.41, 5.74) is 1.41. The van der Waals surface area contributed by atoms with Crippen molar-refractivity contribution >= 4 is 52.0 Å². The molecule has 208 valence electrons. The van der Waals surface area contributed by atoms with Gasteiger partial charge in [0.2, 0.25) is 0 Å². The van der Waals surface area contributed by atoms with Crippen LogP contribution < -0.4 is 15.0 Å². The van der Waals surface area contributed by atoms with Gasteiger partial charge in [-0.25, -0.2) is 9.69 Å². The number of alkyl halides is 3. The van der Waals surface area contributed by atoms with E-state index in [1.807, 2.05) is 55.6 Å². The van der Waals surface area contributed by atoms with Crippen LogP contribution in [-0.4, -0.2) is 17.8 Å². The van der Waals surface area contributed by atoms with Gasteiger partial charge in [0, 0.05) is 5.56 Å². The molecule has 0 aliphatic carbocycles. The molecule has 1 heterocycles. The summed E-state index contributed by atoms with van der Waals surface area (Å²) in [6.07, 6.45) is -3.48. The molecule has 1 saturated heterocycles. The number of hydrogen-bond acceptors (Lipinski definition) is 4. The number of nitrogens with one attached hydrogen (secondary N) is 1. The fourth-order valence-corrected chi connectivity index (χ4v) is 4.69. The Morgan fingerprint density at radius 1 is 0.927 bits per heavy atom. The third-order valence-electron chi connectivity index (χ3n) is 6.80. The molecule has 0 aromatic heterocycles. The highest BCUT2D eigenvalue weighted by atomic mass is 35.5. The molecule has 4 aromatic carbocycles. The number of imide groups is 2. The fraction of sp³-hybridized carbons (Fsp3) is 0.129. The molecular formula is C31H22ClF3N2O4. The van der Waals surface area contributed by atoms with Crippen molar-refractivity contribution in [1.29, 1.82) is 0 Å². The number of amides is 4. The maximum atomic E-state index is 13.6. The molecule has 4 aromatic rings. The van der Waals surface area contributed by atoms with Gasteiger partial charge in [-0.2, -0.15) is 13.2 Å². The monoisotopic (exact) mass is 578 g/mol. The van der Waals surface area contributed by atoms with Gasteiger partial charge >= 0.3 is 12.2 Å². The molecule has 6 nitrogen and oxygen atoms in total. The van der Waals surface area contributed by atoms with Crippen LogP contribution in [0.2, 0.25) is 5.02 Å². The van der Waals surface area contributed by atoms with Gasteiger partial charge in [0.1, 0.15) is 17.9 Å². The number of barbiturate groups is 1. The molecule has 1 aliphatic heterocycles. The summed E-state index contributed by atoms with van der Waals surface area (Å²) in [6, 6.07) is 17.7. The molecule has 0 unspecified atom stereocenters. The molecule has 0 saturated carbocycles. The van der Waals surface area contributed by atoms with Gasteiger partial charge in [0.15, 0.2) is 0 Å². The Morgan fingerprint density at radius 3 is 2.41 bits per heavy atom. The minimum absolute atomic E-state index is 0.195. The molecule has 0 spiro atoms. The third-order valence-corrected chi connectivity index (χ3v) is 7.12. The van der Waals surface area contributed by atoms with E-state index in [-0.39, 0.29) is 11.6 Å². The van der Waals surface area contributed by atoms with Crippen LogP contribution in [0, 0.1) is 13.8 Å². The van der Waals surface area contributed by atoms with Crippen LogP contribution in [0.25, 0.3) is 16.8 Å². The summed E-state index contributed by atoms with van der Waals surface area (Å²) < 4.78 is 46.3. The first kappa shape index (κ1) is 27.9. The van der Waals surface area contributed by atoms with E-state index >= 15 is 0 Å². The number of rotatable bonds is 5. The van der Waals surface area contributed by atoms with Crippen molar-refractivity contribution in [3.8, 4) is 5.75 Å². The second-order valence-corrected chi connectivity index (χ2v) is 9.93. The summed E-state index contributed by atoms with van der Waals surface area (Å²) in [5, 5.41) is 3.19. The number of fused-ring (bicyclic) bond motifs is 1. The average Bonchev–Trinajstić information content (AvgIpc) is 2.92. The van der Waals surface area contributed by atoms with Gasteiger partial charge in [-0.1, -0.05) is 60.1 Å². The average molecular weight is 579 g/mol. The van der Waals surface area contributed by atoms with E-state index in [1.165, 1.54) is 6.08 Å². The number of carbonyl (C=O) groups is 3. The van der Waals surface area contributed by atoms with Crippen LogP contribution in [0.3, 0.4) is 0 Å². The summed E-state index contributed by atoms with van der Waals surface area (Å²) in [4.78, 5) is 39.6. The van der Waals surface area contributed by atoms with Gasteiger partial charge in [-0.15, -0.1) is 0 Å². The lowest BCUT2D eigenvalue weighted by atomic mass is 9.99. The van der Waals surface area contributed by atoms with E-state index in [0.717, 1.165) is 34.2 Å². The molecule has 4 amide bonds. The normalized spacial score (nSPS) is 15.0. The van der Waals surface area contributed by atoms with Crippen molar-refractivity contribution in [2.45, 2.75) is 26.6 Å². The minimum atomic E-state index is -4.76. The highest BCUT2D eigenvalue weighted by molar-refractivity contribution is 6.42. The predicted molar refractivity (Wildman–Crippen MR) is 150 cm³/mol. The SMILES string of the molecule is Cc1ccc(COc2ccc3ccccc3c2/C=C2/C(=O)NC(=O)N(c3cc(C(F)(F)F)ccc3Cl)C2=O)cc1C. The van der Waals surface area contributed by atoms with Crippen LogP contribution >= 0.6 is 11.6 Å². The minimum Gasteiger partial charge on any atom is -0.488 e. The lowest BCUT2D eigenvalue weighted by Crippen LogP contribution is -2.54. The van der Waals surface area contributed by atoms with Crippen molar-refractivity contribution in [3.05, 3.63) is 111 Å². The standard InChI is InChI=1S/C31H22ClF3N2O4/c1-17-7-8-19(13-18(17)2)16-41-27-12-9-20-5-3-4-6-22(20)23(27)15-24-28(38)36-30(40)37(29(24)39)26-14-21(31(33,34)35)10-11-25(26)32/h3-15H,16H2,1-2H3,(H,36,38,40)/b24-15-. The Labute approximate surface area is 238 Å². The first-order valence-corrected chi connectivity index (χ1v) is 12.8. The molecule has 0 bridgehead atoms.